The molecule has 2 saturated heterocycles. The highest BCUT2D eigenvalue weighted by Gasteiger charge is 2.44. The average molecular weight is 347 g/mol. The van der Waals surface area contributed by atoms with Crippen molar-refractivity contribution in [1.29, 1.82) is 0 Å². The number of piperidine rings is 1. The van der Waals surface area contributed by atoms with Crippen molar-refractivity contribution in [3.8, 4) is 0 Å². The third-order valence-electron chi connectivity index (χ3n) is 6.42. The van der Waals surface area contributed by atoms with Crippen molar-refractivity contribution in [2.24, 2.45) is 11.3 Å². The molecule has 0 unspecified atom stereocenters. The van der Waals surface area contributed by atoms with Gasteiger partial charge in [0.05, 0.1) is 6.20 Å². The van der Waals surface area contributed by atoms with E-state index in [-0.39, 0.29) is 11.4 Å². The third-order valence-corrected chi connectivity index (χ3v) is 6.42. The highest BCUT2D eigenvalue weighted by atomic mass is 16.5. The summed E-state index contributed by atoms with van der Waals surface area (Å²) in [6.45, 7) is 4.21. The molecule has 1 saturated carbocycles. The van der Waals surface area contributed by atoms with Crippen LogP contribution in [0.15, 0.2) is 12.4 Å². The van der Waals surface area contributed by atoms with E-state index in [0.717, 1.165) is 65.0 Å². The molecular weight excluding hydrogens is 318 g/mol. The summed E-state index contributed by atoms with van der Waals surface area (Å²) in [5.74, 6) is 0.460. The summed E-state index contributed by atoms with van der Waals surface area (Å²) in [6.07, 6.45) is 11.6. The van der Waals surface area contributed by atoms with Gasteiger partial charge >= 0.3 is 6.03 Å². The minimum absolute atomic E-state index is 0.126. The lowest BCUT2D eigenvalue weighted by molar-refractivity contribution is 0.00512. The van der Waals surface area contributed by atoms with Crippen LogP contribution in [0.25, 0.3) is 0 Å². The molecule has 4 rings (SSSR count). The highest BCUT2D eigenvalue weighted by Crippen LogP contribution is 2.46. The van der Waals surface area contributed by atoms with E-state index in [1.54, 1.807) is 6.20 Å². The largest absolute Gasteiger partial charge is 0.381 e. The number of ether oxygens (including phenoxy) is 1. The lowest BCUT2D eigenvalue weighted by Gasteiger charge is -2.40. The van der Waals surface area contributed by atoms with Crippen LogP contribution in [0, 0.1) is 11.3 Å². The van der Waals surface area contributed by atoms with E-state index in [4.69, 9.17) is 4.74 Å². The Balaban J connectivity index is 1.34. The molecule has 3 heterocycles. The summed E-state index contributed by atoms with van der Waals surface area (Å²) in [5.41, 5.74) is 0.282. The molecule has 2 aliphatic heterocycles. The van der Waals surface area contributed by atoms with Crippen LogP contribution >= 0.6 is 0 Å². The summed E-state index contributed by atoms with van der Waals surface area (Å²) in [5, 5.41) is 11.3. The van der Waals surface area contributed by atoms with E-state index in [0.29, 0.717) is 12.0 Å². The number of nitrogens with one attached hydrogen (secondary N) is 1. The van der Waals surface area contributed by atoms with Crippen LogP contribution in [0.1, 0.15) is 44.9 Å². The van der Waals surface area contributed by atoms with E-state index in [9.17, 15) is 4.79 Å². The number of carbonyl (C=O) groups is 1. The lowest BCUT2D eigenvalue weighted by atomic mass is 9.75. The smallest absolute Gasteiger partial charge is 0.317 e. The highest BCUT2D eigenvalue weighted by molar-refractivity contribution is 5.74. The molecule has 1 aromatic rings. The van der Waals surface area contributed by atoms with Gasteiger partial charge in [-0.3, -0.25) is 4.68 Å². The first-order valence-electron chi connectivity index (χ1n) is 9.72. The molecule has 0 aromatic carbocycles. The van der Waals surface area contributed by atoms with Crippen LogP contribution in [-0.2, 0) is 11.3 Å². The van der Waals surface area contributed by atoms with Crippen molar-refractivity contribution < 1.29 is 9.53 Å². The van der Waals surface area contributed by atoms with Gasteiger partial charge in [0.15, 0.2) is 0 Å². The molecule has 3 aliphatic rings. The second-order valence-corrected chi connectivity index (χ2v) is 7.95. The zero-order chi connectivity index (χ0) is 17.1. The van der Waals surface area contributed by atoms with Crippen LogP contribution in [-0.4, -0.2) is 58.3 Å². The molecule has 2 atom stereocenters. The van der Waals surface area contributed by atoms with Gasteiger partial charge in [-0.25, -0.2) is 4.79 Å². The van der Waals surface area contributed by atoms with Crippen LogP contribution in [0.4, 0.5) is 4.79 Å². The van der Waals surface area contributed by atoms with Crippen LogP contribution in [0.5, 0.6) is 0 Å². The standard InChI is InChI=1S/C18H29N5O2/c24-17(20-16-4-1-5-18(16)6-11-25-12-7-18)22-9-2-3-15(13-22)14-23-10-8-19-21-23/h8,10,15-16H,1-7,9,11-14H2,(H,20,24)/t15-,16-/m1/s1. The number of rotatable bonds is 3. The minimum atomic E-state index is 0.126. The normalized spacial score (nSPS) is 29.0. The molecular formula is C18H29N5O2. The molecule has 1 spiro atoms. The average Bonchev–Trinajstić information content (AvgIpc) is 3.27. The number of likely N-dealkylation sites (tertiary alicyclic amines) is 1. The number of hydrogen-bond donors (Lipinski definition) is 1. The summed E-state index contributed by atoms with van der Waals surface area (Å²) in [4.78, 5) is 14.9. The number of carbonyl (C=O) groups excluding carboxylic acids is 1. The predicted molar refractivity (Wildman–Crippen MR) is 93.0 cm³/mol. The zero-order valence-corrected chi connectivity index (χ0v) is 14.9. The predicted octanol–water partition coefficient (Wildman–Crippen LogP) is 2.05. The molecule has 0 bridgehead atoms. The maximum Gasteiger partial charge on any atom is 0.317 e. The summed E-state index contributed by atoms with van der Waals surface area (Å²) in [6, 6.07) is 0.445. The second-order valence-electron chi connectivity index (χ2n) is 7.95. The Morgan fingerprint density at radius 2 is 2.12 bits per heavy atom. The van der Waals surface area contributed by atoms with Gasteiger partial charge in [-0.1, -0.05) is 11.6 Å². The minimum Gasteiger partial charge on any atom is -0.381 e. The lowest BCUT2D eigenvalue weighted by Crippen LogP contribution is -2.53. The van der Waals surface area contributed by atoms with Gasteiger partial charge in [-0.05, 0) is 49.9 Å². The van der Waals surface area contributed by atoms with Crippen molar-refractivity contribution in [3.63, 3.8) is 0 Å². The summed E-state index contributed by atoms with van der Waals surface area (Å²) < 4.78 is 7.43. The Morgan fingerprint density at radius 3 is 2.92 bits per heavy atom. The monoisotopic (exact) mass is 347 g/mol. The van der Waals surface area contributed by atoms with Crippen LogP contribution < -0.4 is 5.32 Å². The fraction of sp³-hybridized carbons (Fsp3) is 0.833. The van der Waals surface area contributed by atoms with Crippen molar-refractivity contribution in [1.82, 2.24) is 25.2 Å². The Morgan fingerprint density at radius 1 is 1.24 bits per heavy atom. The van der Waals surface area contributed by atoms with Crippen molar-refractivity contribution in [3.05, 3.63) is 12.4 Å². The van der Waals surface area contributed by atoms with Crippen LogP contribution in [0.2, 0.25) is 0 Å². The second kappa shape index (κ2) is 7.32. The molecule has 25 heavy (non-hydrogen) atoms. The number of nitrogens with zero attached hydrogens (tertiary/aromatic N) is 4. The SMILES string of the molecule is O=C(N[C@@H]1CCCC12CCOCC2)N1CCC[C@@H](Cn2ccnn2)C1. The van der Waals surface area contributed by atoms with Crippen molar-refractivity contribution in [2.45, 2.75) is 57.5 Å². The number of aromatic nitrogens is 3. The van der Waals surface area contributed by atoms with Gasteiger partial charge in [0.2, 0.25) is 0 Å². The van der Waals surface area contributed by atoms with Gasteiger partial charge in [-0.15, -0.1) is 5.10 Å². The zero-order valence-electron chi connectivity index (χ0n) is 14.9. The Labute approximate surface area is 149 Å². The molecule has 1 N–H and O–H groups in total. The Hall–Kier alpha value is -1.63. The molecule has 1 aliphatic carbocycles. The molecule has 2 amide bonds. The number of amides is 2. The molecule has 7 nitrogen and oxygen atoms in total. The van der Waals surface area contributed by atoms with E-state index < -0.39 is 0 Å². The van der Waals surface area contributed by atoms with Gasteiger partial charge < -0.3 is 15.0 Å². The quantitative estimate of drug-likeness (QED) is 0.908. The first kappa shape index (κ1) is 16.8. The molecule has 1 aromatic heterocycles. The first-order chi connectivity index (χ1) is 12.3. The van der Waals surface area contributed by atoms with Crippen LogP contribution in [0.3, 0.4) is 0 Å². The van der Waals surface area contributed by atoms with Crippen molar-refractivity contribution >= 4 is 6.03 Å². The maximum absolute atomic E-state index is 12.9. The fourth-order valence-electron chi connectivity index (χ4n) is 4.97. The van der Waals surface area contributed by atoms with Gasteiger partial charge in [-0.2, -0.15) is 0 Å². The summed E-state index contributed by atoms with van der Waals surface area (Å²) in [7, 11) is 0. The fourth-order valence-corrected chi connectivity index (χ4v) is 4.97. The Kier molecular flexibility index (Phi) is 4.92. The topological polar surface area (TPSA) is 72.3 Å². The third kappa shape index (κ3) is 3.66. The number of hydrogen-bond acceptors (Lipinski definition) is 4. The van der Waals surface area contributed by atoms with E-state index in [1.165, 1.54) is 12.8 Å². The number of urea groups is 1. The molecule has 7 heteroatoms. The Bertz CT molecular complexity index is 570. The molecule has 3 fully saturated rings. The van der Waals surface area contributed by atoms with E-state index >= 15 is 0 Å². The first-order valence-corrected chi connectivity index (χ1v) is 9.72. The van der Waals surface area contributed by atoms with Crippen molar-refractivity contribution in [2.75, 3.05) is 26.3 Å². The summed E-state index contributed by atoms with van der Waals surface area (Å²) >= 11 is 0. The van der Waals surface area contributed by atoms with Gasteiger partial charge in [0.25, 0.3) is 0 Å². The maximum atomic E-state index is 12.9. The molecule has 138 valence electrons. The van der Waals surface area contributed by atoms with Gasteiger partial charge in [0.1, 0.15) is 0 Å². The molecule has 0 radical (unpaired) electrons. The van der Waals surface area contributed by atoms with Gasteiger partial charge in [0, 0.05) is 45.1 Å². The van der Waals surface area contributed by atoms with E-state index in [2.05, 4.69) is 15.6 Å². The van der Waals surface area contributed by atoms with E-state index in [1.807, 2.05) is 15.8 Å².